The Kier molecular flexibility index (Phi) is 27.2. The number of nitrogens with one attached hydrogen (secondary N) is 2. The summed E-state index contributed by atoms with van der Waals surface area (Å²) in [5, 5.41) is 18.6. The van der Waals surface area contributed by atoms with Crippen molar-refractivity contribution in [2.45, 2.75) is 183 Å². The van der Waals surface area contributed by atoms with Gasteiger partial charge in [-0.25, -0.2) is 0 Å². The van der Waals surface area contributed by atoms with E-state index in [9.17, 15) is 5.02 Å². The van der Waals surface area contributed by atoms with Crippen molar-refractivity contribution in [2.75, 3.05) is 65.4 Å². The van der Waals surface area contributed by atoms with Crippen molar-refractivity contribution < 1.29 is 9.73 Å². The number of piperidine rings is 5. The molecular formula is C60H95BFN5OS3. The summed E-state index contributed by atoms with van der Waals surface area (Å²) >= 11 is 5.80. The highest BCUT2D eigenvalue weighted by atomic mass is 32.2. The lowest BCUT2D eigenvalue weighted by molar-refractivity contribution is 0.125. The molecule has 6 nitrogen and oxygen atoms in total. The molecule has 11 heteroatoms. The summed E-state index contributed by atoms with van der Waals surface area (Å²) in [7, 11) is -0.296. The second-order valence-electron chi connectivity index (χ2n) is 21.0. The Morgan fingerprint density at radius 1 is 0.479 bits per heavy atom. The predicted octanol–water partition coefficient (Wildman–Crippen LogP) is 14.6. The van der Waals surface area contributed by atoms with Crippen LogP contribution in [-0.4, -0.2) is 120 Å². The zero-order valence-electron chi connectivity index (χ0n) is 45.0. The maximum absolute atomic E-state index is 9.74. The lowest BCUT2D eigenvalue weighted by atomic mass is 9.82. The molecule has 5 heterocycles. The highest BCUT2D eigenvalue weighted by molar-refractivity contribution is 8.00. The molecule has 8 rings (SSSR count). The highest BCUT2D eigenvalue weighted by Gasteiger charge is 2.29. The number of hydrogen-bond donors (Lipinski definition) is 3. The molecule has 0 radical (unpaired) electrons. The first-order valence-corrected chi connectivity index (χ1v) is 29.6. The topological polar surface area (TPSA) is 54.0 Å². The van der Waals surface area contributed by atoms with Crippen LogP contribution in [0.15, 0.2) is 104 Å². The van der Waals surface area contributed by atoms with Gasteiger partial charge in [0.25, 0.3) is 0 Å². The van der Waals surface area contributed by atoms with Crippen molar-refractivity contribution in [3.8, 4) is 0 Å². The molecule has 5 aliphatic heterocycles. The van der Waals surface area contributed by atoms with Crippen LogP contribution in [-0.2, 0) is 0 Å². The Morgan fingerprint density at radius 3 is 1.08 bits per heavy atom. The van der Waals surface area contributed by atoms with Crippen molar-refractivity contribution in [1.29, 1.82) is 0 Å². The average Bonchev–Trinajstić information content (AvgIpc) is 3.37. The second-order valence-corrected chi connectivity index (χ2v) is 25.9. The van der Waals surface area contributed by atoms with Gasteiger partial charge in [0.1, 0.15) is 0 Å². The standard InChI is InChI=1S/C22H35BN2OS.C21H32N2S.C16H23NS.CH4.FH/c1-17(2)27-22-7-5-19(6-8-22)18(3)20-9-13-24(14-10-20)21-11-15-25(16-12-21)23(4)26;1-16(2)24-21-6-4-18(5-7-21)17(3)19-10-14-23(15-11-19)20-8-12-22-13-9-20;1-12(2)18-16-6-4-14(5-7-16)13(3)15-8-10-17-11-9-15;;/h5-8,17,21,26H,9-16H2,1-4H3;4-7,16,20,22H,8-15H2,1-3H3;4-7,12,17H,8-11H2,1-3H3;1H4;1H. The largest absolute Gasteiger partial charge is 0.437 e. The van der Waals surface area contributed by atoms with Crippen LogP contribution in [0.1, 0.15) is 151 Å². The molecule has 0 saturated carbocycles. The third-order valence-electron chi connectivity index (χ3n) is 14.9. The predicted molar refractivity (Wildman–Crippen MR) is 317 cm³/mol. The summed E-state index contributed by atoms with van der Waals surface area (Å²) in [6.07, 6.45) is 12.3. The lowest BCUT2D eigenvalue weighted by Gasteiger charge is -2.41. The molecule has 3 aromatic rings. The fourth-order valence-corrected chi connectivity index (χ4v) is 13.3. The van der Waals surface area contributed by atoms with Gasteiger partial charge in [0.05, 0.1) is 0 Å². The van der Waals surface area contributed by atoms with E-state index in [0.29, 0.717) is 21.8 Å². The van der Waals surface area contributed by atoms with Crippen molar-refractivity contribution in [3.63, 3.8) is 0 Å². The lowest BCUT2D eigenvalue weighted by Crippen LogP contribution is -2.50. The molecule has 5 fully saturated rings. The molecule has 0 spiro atoms. The van der Waals surface area contributed by atoms with Crippen LogP contribution < -0.4 is 10.6 Å². The van der Waals surface area contributed by atoms with Crippen LogP contribution in [0, 0.1) is 0 Å². The Bertz CT molecular complexity index is 2060. The van der Waals surface area contributed by atoms with E-state index in [2.05, 4.69) is 160 Å². The van der Waals surface area contributed by atoms with Crippen LogP contribution >= 0.6 is 35.3 Å². The quantitative estimate of drug-likeness (QED) is 0.122. The van der Waals surface area contributed by atoms with Gasteiger partial charge in [0.2, 0.25) is 0 Å². The maximum Gasteiger partial charge on any atom is 0.376 e. The molecule has 3 N–H and O–H groups in total. The molecule has 0 unspecified atom stereocenters. The first-order chi connectivity index (χ1) is 33.2. The molecule has 5 aliphatic rings. The molecule has 71 heavy (non-hydrogen) atoms. The van der Waals surface area contributed by atoms with Crippen molar-refractivity contribution in [1.82, 2.24) is 25.2 Å². The minimum atomic E-state index is -0.296. The number of nitrogens with zero attached hydrogens (tertiary/aromatic N) is 3. The fraction of sp³-hybridized carbons (Fsp3) is 0.600. The Hall–Kier alpha value is -2.32. The summed E-state index contributed by atoms with van der Waals surface area (Å²) < 4.78 is 0. The molecule has 0 amide bonds. The van der Waals surface area contributed by atoms with E-state index >= 15 is 0 Å². The summed E-state index contributed by atoms with van der Waals surface area (Å²) in [5.74, 6) is 0. The van der Waals surface area contributed by atoms with Crippen molar-refractivity contribution >= 4 is 59.1 Å². The number of allylic oxidation sites excluding steroid dienone is 3. The monoisotopic (exact) mass is 1030 g/mol. The number of benzene rings is 3. The normalized spacial score (nSPS) is 18.8. The smallest absolute Gasteiger partial charge is 0.376 e. The summed E-state index contributed by atoms with van der Waals surface area (Å²) in [4.78, 5) is 11.7. The van der Waals surface area contributed by atoms with Crippen LogP contribution in [0.4, 0.5) is 4.70 Å². The SMILES string of the molecule is C.CB(O)N1CCC(N2CCC(=C(C)c3ccc(SC(C)C)cc3)CC2)CC1.CC(=C1CCN(C2CCNCC2)CC1)c1ccc(SC(C)C)cc1.CC(=C1CCNCC1)c1ccc(SC(C)C)cc1.F. The Morgan fingerprint density at radius 2 is 0.775 bits per heavy atom. The van der Waals surface area contributed by atoms with Crippen LogP contribution in [0.5, 0.6) is 0 Å². The van der Waals surface area contributed by atoms with E-state index in [1.807, 2.05) is 42.1 Å². The fourth-order valence-electron chi connectivity index (χ4n) is 10.7. The molecule has 394 valence electrons. The highest BCUT2D eigenvalue weighted by Crippen LogP contribution is 2.33. The van der Waals surface area contributed by atoms with E-state index in [0.717, 1.165) is 32.2 Å². The summed E-state index contributed by atoms with van der Waals surface area (Å²) in [6.45, 7) is 33.8. The molecule has 3 aromatic carbocycles. The number of halogens is 1. The van der Waals surface area contributed by atoms with Gasteiger partial charge in [-0.3, -0.25) is 14.5 Å². The Labute approximate surface area is 446 Å². The minimum Gasteiger partial charge on any atom is -0.437 e. The first kappa shape index (κ1) is 61.2. The molecule has 0 aliphatic carbocycles. The van der Waals surface area contributed by atoms with Gasteiger partial charge < -0.3 is 20.5 Å². The van der Waals surface area contributed by atoms with Crippen molar-refractivity contribution in [2.24, 2.45) is 0 Å². The third-order valence-corrected chi connectivity index (χ3v) is 18.0. The van der Waals surface area contributed by atoms with Crippen LogP contribution in [0.3, 0.4) is 0 Å². The van der Waals surface area contributed by atoms with Gasteiger partial charge in [-0.15, -0.1) is 35.3 Å². The summed E-state index contributed by atoms with van der Waals surface area (Å²) in [6, 6.07) is 28.9. The van der Waals surface area contributed by atoms with Crippen molar-refractivity contribution in [3.05, 3.63) is 106 Å². The molecule has 0 aromatic heterocycles. The van der Waals surface area contributed by atoms with E-state index < -0.39 is 0 Å². The van der Waals surface area contributed by atoms with Gasteiger partial charge in [0.15, 0.2) is 0 Å². The van der Waals surface area contributed by atoms with Gasteiger partial charge >= 0.3 is 7.05 Å². The maximum atomic E-state index is 9.74. The van der Waals surface area contributed by atoms with E-state index in [1.54, 1.807) is 16.7 Å². The molecule has 0 bridgehead atoms. The molecular weight excluding hydrogens is 933 g/mol. The van der Waals surface area contributed by atoms with E-state index in [1.165, 1.54) is 152 Å². The van der Waals surface area contributed by atoms with E-state index in [4.69, 9.17) is 0 Å². The average molecular weight is 1030 g/mol. The zero-order chi connectivity index (χ0) is 49.3. The number of thioether (sulfide) groups is 3. The second kappa shape index (κ2) is 31.5. The summed E-state index contributed by atoms with van der Waals surface area (Å²) in [5.41, 5.74) is 13.6. The van der Waals surface area contributed by atoms with Gasteiger partial charge in [-0.2, -0.15) is 0 Å². The number of likely N-dealkylation sites (tertiary alicyclic amines) is 2. The Balaban J connectivity index is 0.000000232. The van der Waals surface area contributed by atoms with Crippen LogP contribution in [0.25, 0.3) is 16.7 Å². The molecule has 5 saturated heterocycles. The zero-order valence-corrected chi connectivity index (χ0v) is 47.4. The number of rotatable bonds is 12. The van der Waals surface area contributed by atoms with E-state index in [-0.39, 0.29) is 19.2 Å². The first-order valence-electron chi connectivity index (χ1n) is 26.9. The van der Waals surface area contributed by atoms with Gasteiger partial charge in [-0.1, -0.05) is 102 Å². The number of hydrogen-bond acceptors (Lipinski definition) is 9. The van der Waals surface area contributed by atoms with Crippen LogP contribution in [0.2, 0.25) is 6.82 Å². The minimum absolute atomic E-state index is 0. The molecule has 0 atom stereocenters. The van der Waals surface area contributed by atoms with Gasteiger partial charge in [0, 0.05) is 68.7 Å². The third kappa shape index (κ3) is 19.7. The van der Waals surface area contributed by atoms with Gasteiger partial charge in [-0.05, 0) is 201 Å².